The second-order valence-electron chi connectivity index (χ2n) is 11.0. The van der Waals surface area contributed by atoms with Gasteiger partial charge in [-0.1, -0.05) is 6.42 Å². The third-order valence-corrected chi connectivity index (χ3v) is 7.19. The van der Waals surface area contributed by atoms with Crippen molar-refractivity contribution in [1.82, 2.24) is 5.32 Å². The molecule has 248 valence electrons. The van der Waals surface area contributed by atoms with Gasteiger partial charge in [0.05, 0.1) is 6.61 Å². The van der Waals surface area contributed by atoms with Crippen LogP contribution in [-0.4, -0.2) is 84.5 Å². The lowest BCUT2D eigenvalue weighted by molar-refractivity contribution is -0.257. The first-order valence-corrected chi connectivity index (χ1v) is 15.0. The molecule has 14 nitrogen and oxygen atoms in total. The summed E-state index contributed by atoms with van der Waals surface area (Å²) >= 11 is 0. The molecule has 1 amide bonds. The Morgan fingerprint density at radius 3 is 2.16 bits per heavy atom. The molecule has 2 N–H and O–H groups in total. The first-order chi connectivity index (χ1) is 21.3. The molecule has 2 aliphatic heterocycles. The van der Waals surface area contributed by atoms with Gasteiger partial charge in [0.15, 0.2) is 12.2 Å². The smallest absolute Gasteiger partial charge is 0.342 e. The van der Waals surface area contributed by atoms with Gasteiger partial charge in [-0.15, -0.1) is 0 Å². The topological polar surface area (TPSA) is 190 Å². The number of cyclic esters (lactones) is 1. The average molecular weight is 636 g/mol. The number of nitrogens with one attached hydrogen (secondary N) is 1. The first-order valence-electron chi connectivity index (χ1n) is 15.0. The largest absolute Gasteiger partial charge is 0.507 e. The van der Waals surface area contributed by atoms with Crippen LogP contribution in [0.5, 0.6) is 11.5 Å². The molecule has 1 fully saturated rings. The second kappa shape index (κ2) is 16.8. The molecule has 3 rings (SSSR count). The van der Waals surface area contributed by atoms with Crippen LogP contribution in [-0.2, 0) is 54.1 Å². The summed E-state index contributed by atoms with van der Waals surface area (Å²) in [5, 5.41) is 13.6. The Morgan fingerprint density at radius 2 is 1.51 bits per heavy atom. The molecule has 1 saturated heterocycles. The third kappa shape index (κ3) is 10.7. The van der Waals surface area contributed by atoms with Crippen LogP contribution in [0.3, 0.4) is 0 Å². The number of hydrogen-bond acceptors (Lipinski definition) is 13. The highest BCUT2D eigenvalue weighted by Gasteiger charge is 2.52. The van der Waals surface area contributed by atoms with E-state index in [1.807, 2.05) is 0 Å². The standard InChI is InChI=1S/C31H41NO13/c1-17(33)32-27-29(43-20(4)36)28(42-19(3)35)25(16-41-18(2)34)45-31(27)44-23-14-21-10-6-5-7-11-22(37)12-8-9-13-40-30(39)26(21)24(38)15-23/h14-15,25,27-29,31,38H,5-13,16H2,1-4H3,(H,32,33). The van der Waals surface area contributed by atoms with E-state index in [0.717, 1.165) is 13.8 Å². The van der Waals surface area contributed by atoms with Gasteiger partial charge in [-0.2, -0.15) is 0 Å². The van der Waals surface area contributed by atoms with Crippen LogP contribution in [0.1, 0.15) is 88.6 Å². The molecular weight excluding hydrogens is 594 g/mol. The Balaban J connectivity index is 1.99. The summed E-state index contributed by atoms with van der Waals surface area (Å²) in [4.78, 5) is 73.0. The van der Waals surface area contributed by atoms with E-state index >= 15 is 0 Å². The quantitative estimate of drug-likeness (QED) is 0.328. The molecule has 5 unspecified atom stereocenters. The number of rotatable bonds is 7. The van der Waals surface area contributed by atoms with E-state index in [1.165, 1.54) is 26.0 Å². The van der Waals surface area contributed by atoms with Crippen LogP contribution >= 0.6 is 0 Å². The van der Waals surface area contributed by atoms with Crippen molar-refractivity contribution >= 4 is 35.6 Å². The van der Waals surface area contributed by atoms with E-state index in [4.69, 9.17) is 28.4 Å². The monoisotopic (exact) mass is 635 g/mol. The number of ether oxygens (including phenoxy) is 6. The van der Waals surface area contributed by atoms with Gasteiger partial charge in [-0.05, 0) is 43.7 Å². The minimum absolute atomic E-state index is 0.0149. The number of phenolic OH excluding ortho intramolecular Hbond substituents is 1. The van der Waals surface area contributed by atoms with E-state index in [1.54, 1.807) is 0 Å². The molecule has 0 aliphatic carbocycles. The van der Waals surface area contributed by atoms with Gasteiger partial charge < -0.3 is 38.8 Å². The maximum atomic E-state index is 13.0. The van der Waals surface area contributed by atoms with Gasteiger partial charge in [0, 0.05) is 46.6 Å². The van der Waals surface area contributed by atoms with Gasteiger partial charge in [0.1, 0.15) is 41.6 Å². The number of ketones is 1. The molecule has 0 aromatic heterocycles. The lowest BCUT2D eigenvalue weighted by atomic mass is 9.95. The molecule has 0 bridgehead atoms. The Bertz CT molecular complexity index is 1260. The number of fused-ring (bicyclic) bond motifs is 1. The molecule has 45 heavy (non-hydrogen) atoms. The lowest BCUT2D eigenvalue weighted by Crippen LogP contribution is -2.67. The Labute approximate surface area is 261 Å². The van der Waals surface area contributed by atoms with Gasteiger partial charge >= 0.3 is 23.9 Å². The van der Waals surface area contributed by atoms with Crippen molar-refractivity contribution in [3.8, 4) is 11.5 Å². The predicted molar refractivity (Wildman–Crippen MR) is 154 cm³/mol. The zero-order valence-electron chi connectivity index (χ0n) is 26.0. The fourth-order valence-electron chi connectivity index (χ4n) is 5.28. The lowest BCUT2D eigenvalue weighted by Gasteiger charge is -2.44. The van der Waals surface area contributed by atoms with Crippen molar-refractivity contribution in [1.29, 1.82) is 0 Å². The van der Waals surface area contributed by atoms with E-state index < -0.39 is 72.8 Å². The van der Waals surface area contributed by atoms with Crippen LogP contribution in [0, 0.1) is 0 Å². The Kier molecular flexibility index (Phi) is 13.1. The molecule has 0 radical (unpaired) electrons. The normalized spacial score (nSPS) is 24.6. The predicted octanol–water partition coefficient (Wildman–Crippen LogP) is 2.44. The summed E-state index contributed by atoms with van der Waals surface area (Å²) in [6, 6.07) is 1.49. The highest BCUT2D eigenvalue weighted by molar-refractivity contribution is 5.94. The number of Topliss-reactive ketones (excluding diaryl/α,β-unsaturated/α-hetero) is 1. The number of carbonyl (C=O) groups is 6. The number of esters is 4. The van der Waals surface area contributed by atoms with Crippen molar-refractivity contribution in [2.45, 2.75) is 110 Å². The van der Waals surface area contributed by atoms with E-state index in [9.17, 15) is 33.9 Å². The highest BCUT2D eigenvalue weighted by Crippen LogP contribution is 2.34. The molecule has 14 heteroatoms. The summed E-state index contributed by atoms with van der Waals surface area (Å²) in [6.45, 7) is 4.31. The van der Waals surface area contributed by atoms with Gasteiger partial charge in [-0.25, -0.2) is 4.79 Å². The van der Waals surface area contributed by atoms with Crippen LogP contribution in [0.15, 0.2) is 12.1 Å². The number of aromatic hydroxyl groups is 1. The molecule has 1 aromatic rings. The number of phenols is 1. The first kappa shape index (κ1) is 35.3. The van der Waals surface area contributed by atoms with Crippen LogP contribution in [0.4, 0.5) is 0 Å². The molecular formula is C31H41NO13. The Hall–Kier alpha value is -4.20. The Morgan fingerprint density at radius 1 is 0.867 bits per heavy atom. The van der Waals surface area contributed by atoms with E-state index in [2.05, 4.69) is 5.32 Å². The molecule has 5 atom stereocenters. The summed E-state index contributed by atoms with van der Waals surface area (Å²) in [5.41, 5.74) is 0.412. The molecule has 2 aliphatic rings. The average Bonchev–Trinajstić information content (AvgIpc) is 2.93. The summed E-state index contributed by atoms with van der Waals surface area (Å²) in [6.07, 6.45) is -0.883. The summed E-state index contributed by atoms with van der Waals surface area (Å²) in [5.74, 6) is -3.64. The van der Waals surface area contributed by atoms with Crippen LogP contribution < -0.4 is 10.1 Å². The van der Waals surface area contributed by atoms with Crippen molar-refractivity contribution in [2.24, 2.45) is 0 Å². The third-order valence-electron chi connectivity index (χ3n) is 7.19. The zero-order chi connectivity index (χ0) is 33.1. The van der Waals surface area contributed by atoms with Gasteiger partial charge in [-0.3, -0.25) is 24.0 Å². The van der Waals surface area contributed by atoms with Gasteiger partial charge in [0.2, 0.25) is 12.2 Å². The van der Waals surface area contributed by atoms with E-state index in [0.29, 0.717) is 56.9 Å². The van der Waals surface area contributed by atoms with Crippen molar-refractivity contribution in [2.75, 3.05) is 13.2 Å². The fourth-order valence-corrected chi connectivity index (χ4v) is 5.28. The van der Waals surface area contributed by atoms with Crippen LogP contribution in [0.25, 0.3) is 0 Å². The van der Waals surface area contributed by atoms with Crippen molar-refractivity contribution < 1.29 is 62.3 Å². The number of benzene rings is 1. The molecule has 1 aromatic carbocycles. The summed E-state index contributed by atoms with van der Waals surface area (Å²) in [7, 11) is 0. The summed E-state index contributed by atoms with van der Waals surface area (Å²) < 4.78 is 33.5. The van der Waals surface area contributed by atoms with Gasteiger partial charge in [0.25, 0.3) is 0 Å². The molecule has 2 heterocycles. The highest BCUT2D eigenvalue weighted by atomic mass is 16.7. The fraction of sp³-hybridized carbons (Fsp3) is 0.613. The number of carbonyl (C=O) groups excluding carboxylic acids is 6. The van der Waals surface area contributed by atoms with Crippen molar-refractivity contribution in [3.05, 3.63) is 23.3 Å². The van der Waals surface area contributed by atoms with Crippen molar-refractivity contribution in [3.63, 3.8) is 0 Å². The SMILES string of the molecule is CC(=O)NC1C(Oc2cc(O)c3c(c2)CCCCCC(=O)CCCCOC3=O)OC(COC(C)=O)C(OC(C)=O)C1OC(C)=O. The minimum Gasteiger partial charge on any atom is -0.507 e. The maximum Gasteiger partial charge on any atom is 0.342 e. The van der Waals surface area contributed by atoms with Crippen LogP contribution in [0.2, 0.25) is 0 Å². The maximum absolute atomic E-state index is 13.0. The molecule has 0 saturated carbocycles. The second-order valence-corrected chi connectivity index (χ2v) is 11.0. The van der Waals surface area contributed by atoms with E-state index in [-0.39, 0.29) is 23.7 Å². The number of amides is 1. The minimum atomic E-state index is -1.42. The number of hydrogen-bond donors (Lipinski definition) is 2. The zero-order valence-corrected chi connectivity index (χ0v) is 26.0. The number of aryl methyl sites for hydroxylation is 1. The molecule has 0 spiro atoms.